The summed E-state index contributed by atoms with van der Waals surface area (Å²) in [7, 11) is 0. The van der Waals surface area contributed by atoms with Gasteiger partial charge in [-0.05, 0) is 60.0 Å². The average molecular weight is 468 g/mol. The lowest BCUT2D eigenvalue weighted by atomic mass is 10.2. The first-order chi connectivity index (χ1) is 15.1. The van der Waals surface area contributed by atoms with Crippen LogP contribution in [0.15, 0.2) is 71.9 Å². The van der Waals surface area contributed by atoms with Gasteiger partial charge >= 0.3 is 0 Å². The lowest BCUT2D eigenvalue weighted by molar-refractivity contribution is -0.118. The number of carbonyl (C=O) groups is 1. The Bertz CT molecular complexity index is 1160. The number of nitrogens with zero attached hydrogens (tertiary/aromatic N) is 3. The average Bonchev–Trinajstić information content (AvgIpc) is 3.22. The molecule has 4 rings (SSSR count). The standard InChI is InChI=1S/C24H22ClN3OS2/c1-2-17-5-10-21-22(14-17)31-24(27-21)28(16-18-4-3-12-26-15-18)23(29)11-13-30-20-8-6-19(25)7-9-20/h3-10,12,14-15H,2,11,13,16H2,1H3. The van der Waals surface area contributed by atoms with E-state index in [0.29, 0.717) is 23.7 Å². The Morgan fingerprint density at radius 1 is 1.13 bits per heavy atom. The van der Waals surface area contributed by atoms with Gasteiger partial charge in [0.15, 0.2) is 5.13 Å². The molecule has 2 heterocycles. The van der Waals surface area contributed by atoms with Crippen LogP contribution in [-0.2, 0) is 17.8 Å². The number of hydrogen-bond donors (Lipinski definition) is 0. The molecule has 4 nitrogen and oxygen atoms in total. The monoisotopic (exact) mass is 467 g/mol. The molecule has 2 aromatic carbocycles. The van der Waals surface area contributed by atoms with Gasteiger partial charge in [-0.25, -0.2) is 4.98 Å². The number of aryl methyl sites for hydroxylation is 1. The van der Waals surface area contributed by atoms with Crippen molar-refractivity contribution < 1.29 is 4.79 Å². The molecule has 31 heavy (non-hydrogen) atoms. The highest BCUT2D eigenvalue weighted by atomic mass is 35.5. The molecule has 0 saturated carbocycles. The van der Waals surface area contributed by atoms with Gasteiger partial charge in [-0.3, -0.25) is 14.7 Å². The molecular formula is C24H22ClN3OS2. The third-order valence-electron chi connectivity index (χ3n) is 4.84. The van der Waals surface area contributed by atoms with E-state index in [4.69, 9.17) is 16.6 Å². The minimum Gasteiger partial charge on any atom is -0.284 e. The second kappa shape index (κ2) is 10.3. The Balaban J connectivity index is 1.53. The van der Waals surface area contributed by atoms with Gasteiger partial charge in [0.25, 0.3) is 0 Å². The number of carbonyl (C=O) groups excluding carboxylic acids is 1. The number of thiazole rings is 1. The van der Waals surface area contributed by atoms with Crippen LogP contribution >= 0.6 is 34.7 Å². The van der Waals surface area contributed by atoms with Crippen LogP contribution in [0.4, 0.5) is 5.13 Å². The Labute approximate surface area is 195 Å². The molecule has 0 bridgehead atoms. The number of halogens is 1. The van der Waals surface area contributed by atoms with E-state index in [1.807, 2.05) is 42.5 Å². The Hall–Kier alpha value is -2.41. The predicted octanol–water partition coefficient (Wildman–Crippen LogP) is 6.62. The number of benzene rings is 2. The van der Waals surface area contributed by atoms with E-state index in [-0.39, 0.29) is 5.91 Å². The summed E-state index contributed by atoms with van der Waals surface area (Å²) in [6.45, 7) is 2.60. The normalized spacial score (nSPS) is 11.0. The Morgan fingerprint density at radius 2 is 1.97 bits per heavy atom. The molecule has 158 valence electrons. The number of hydrogen-bond acceptors (Lipinski definition) is 5. The van der Waals surface area contributed by atoms with Gasteiger partial charge in [0.05, 0.1) is 16.8 Å². The molecular weight excluding hydrogens is 446 g/mol. The van der Waals surface area contributed by atoms with Crippen molar-refractivity contribution in [1.29, 1.82) is 0 Å². The molecule has 1 amide bonds. The molecule has 0 aliphatic heterocycles. The zero-order chi connectivity index (χ0) is 21.6. The molecule has 0 aliphatic rings. The number of anilines is 1. The molecule has 0 atom stereocenters. The summed E-state index contributed by atoms with van der Waals surface area (Å²) >= 11 is 9.17. The first-order valence-electron chi connectivity index (χ1n) is 10.1. The molecule has 0 N–H and O–H groups in total. The Morgan fingerprint density at radius 3 is 2.71 bits per heavy atom. The van der Waals surface area contributed by atoms with E-state index in [1.54, 1.807) is 40.4 Å². The fourth-order valence-electron chi connectivity index (χ4n) is 3.15. The summed E-state index contributed by atoms with van der Waals surface area (Å²) in [6.07, 6.45) is 4.93. The van der Waals surface area contributed by atoms with E-state index in [2.05, 4.69) is 24.0 Å². The summed E-state index contributed by atoms with van der Waals surface area (Å²) in [5.41, 5.74) is 3.18. The third-order valence-corrected chi connectivity index (χ3v) is 7.15. The smallest absolute Gasteiger partial charge is 0.229 e. The van der Waals surface area contributed by atoms with E-state index < -0.39 is 0 Å². The largest absolute Gasteiger partial charge is 0.284 e. The molecule has 0 unspecified atom stereocenters. The lowest BCUT2D eigenvalue weighted by Crippen LogP contribution is -2.30. The maximum Gasteiger partial charge on any atom is 0.229 e. The number of fused-ring (bicyclic) bond motifs is 1. The quantitative estimate of drug-likeness (QED) is 0.273. The van der Waals surface area contributed by atoms with E-state index >= 15 is 0 Å². The van der Waals surface area contributed by atoms with Crippen molar-refractivity contribution in [2.75, 3.05) is 10.7 Å². The summed E-state index contributed by atoms with van der Waals surface area (Å²) < 4.78 is 1.11. The maximum atomic E-state index is 13.2. The SMILES string of the molecule is CCc1ccc2nc(N(Cc3cccnc3)C(=O)CCSc3ccc(Cl)cc3)sc2c1. The van der Waals surface area contributed by atoms with Crippen LogP contribution in [0.5, 0.6) is 0 Å². The van der Waals surface area contributed by atoms with Gasteiger partial charge in [0, 0.05) is 34.5 Å². The molecule has 2 aromatic heterocycles. The molecule has 0 aliphatic carbocycles. The summed E-state index contributed by atoms with van der Waals surface area (Å²) in [6, 6.07) is 17.9. The van der Waals surface area contributed by atoms with Crippen molar-refractivity contribution in [1.82, 2.24) is 9.97 Å². The first-order valence-corrected chi connectivity index (χ1v) is 12.3. The summed E-state index contributed by atoms with van der Waals surface area (Å²) in [5, 5.41) is 1.44. The number of thioether (sulfide) groups is 1. The lowest BCUT2D eigenvalue weighted by Gasteiger charge is -2.20. The van der Waals surface area contributed by atoms with Gasteiger partial charge < -0.3 is 0 Å². The van der Waals surface area contributed by atoms with Crippen LogP contribution in [0.1, 0.15) is 24.5 Å². The zero-order valence-corrected chi connectivity index (χ0v) is 19.5. The predicted molar refractivity (Wildman–Crippen MR) is 131 cm³/mol. The van der Waals surface area contributed by atoms with Crippen molar-refractivity contribution in [3.05, 3.63) is 83.1 Å². The minimum absolute atomic E-state index is 0.0556. The number of amides is 1. The number of aromatic nitrogens is 2. The highest BCUT2D eigenvalue weighted by Crippen LogP contribution is 2.31. The topological polar surface area (TPSA) is 46.1 Å². The van der Waals surface area contributed by atoms with Crippen LogP contribution < -0.4 is 4.90 Å². The van der Waals surface area contributed by atoms with Crippen molar-refractivity contribution in [3.8, 4) is 0 Å². The third kappa shape index (κ3) is 5.64. The van der Waals surface area contributed by atoms with Crippen molar-refractivity contribution in [2.24, 2.45) is 0 Å². The van der Waals surface area contributed by atoms with Gasteiger partial charge in [-0.1, -0.05) is 42.0 Å². The number of rotatable bonds is 8. The minimum atomic E-state index is 0.0556. The molecule has 0 saturated heterocycles. The highest BCUT2D eigenvalue weighted by Gasteiger charge is 2.20. The fourth-order valence-corrected chi connectivity index (χ4v) is 5.16. The van der Waals surface area contributed by atoms with Gasteiger partial charge in [-0.2, -0.15) is 0 Å². The van der Waals surface area contributed by atoms with E-state index in [1.165, 1.54) is 5.56 Å². The van der Waals surface area contributed by atoms with Gasteiger partial charge in [0.2, 0.25) is 5.91 Å². The fraction of sp³-hybridized carbons (Fsp3) is 0.208. The van der Waals surface area contributed by atoms with Crippen molar-refractivity contribution in [3.63, 3.8) is 0 Å². The molecule has 4 aromatic rings. The molecule has 0 radical (unpaired) electrons. The van der Waals surface area contributed by atoms with Crippen molar-refractivity contribution in [2.45, 2.75) is 31.2 Å². The second-order valence-corrected chi connectivity index (χ2v) is 9.66. The molecule has 0 spiro atoms. The van der Waals surface area contributed by atoms with Crippen LogP contribution in [-0.4, -0.2) is 21.6 Å². The van der Waals surface area contributed by atoms with Gasteiger partial charge in [-0.15, -0.1) is 11.8 Å². The zero-order valence-electron chi connectivity index (χ0n) is 17.1. The summed E-state index contributed by atoms with van der Waals surface area (Å²) in [4.78, 5) is 25.1. The van der Waals surface area contributed by atoms with Crippen molar-refractivity contribution >= 4 is 56.0 Å². The Kier molecular flexibility index (Phi) is 7.22. The van der Waals surface area contributed by atoms with E-state index in [0.717, 1.165) is 32.2 Å². The molecule has 7 heteroatoms. The number of pyridine rings is 1. The van der Waals surface area contributed by atoms with Gasteiger partial charge in [0.1, 0.15) is 0 Å². The molecule has 0 fully saturated rings. The summed E-state index contributed by atoms with van der Waals surface area (Å²) in [5.74, 6) is 0.745. The van der Waals surface area contributed by atoms with Crippen LogP contribution in [0, 0.1) is 0 Å². The van der Waals surface area contributed by atoms with Crippen LogP contribution in [0.25, 0.3) is 10.2 Å². The van der Waals surface area contributed by atoms with E-state index in [9.17, 15) is 4.79 Å². The first kappa shape index (κ1) is 21.8. The maximum absolute atomic E-state index is 13.2. The van der Waals surface area contributed by atoms with Crippen LogP contribution in [0.2, 0.25) is 5.02 Å². The highest BCUT2D eigenvalue weighted by molar-refractivity contribution is 7.99. The second-order valence-electron chi connectivity index (χ2n) is 7.05. The van der Waals surface area contributed by atoms with Crippen LogP contribution in [0.3, 0.4) is 0 Å².